The van der Waals surface area contributed by atoms with Gasteiger partial charge in [0.2, 0.25) is 0 Å². The largest absolute Gasteiger partial charge is 0.274 e. The van der Waals surface area contributed by atoms with Crippen LogP contribution in [0.25, 0.3) is 0 Å². The predicted octanol–water partition coefficient (Wildman–Crippen LogP) is 1.75. The fourth-order valence-corrected chi connectivity index (χ4v) is 1.02. The summed E-state index contributed by atoms with van der Waals surface area (Å²) in [4.78, 5) is 34.5. The summed E-state index contributed by atoms with van der Waals surface area (Å²) in [5.41, 5.74) is -1.26. The minimum Gasteiger partial charge on any atom is -0.274 e. The number of carbonyl (C=O) groups excluding carboxylic acids is 2. The van der Waals surface area contributed by atoms with Gasteiger partial charge in [0.1, 0.15) is 11.4 Å². The van der Waals surface area contributed by atoms with E-state index >= 15 is 0 Å². The van der Waals surface area contributed by atoms with Gasteiger partial charge < -0.3 is 0 Å². The number of halogens is 2. The van der Waals surface area contributed by atoms with E-state index in [0.717, 1.165) is 12.1 Å². The maximum absolute atomic E-state index is 10.7. The number of nitro groups is 1. The lowest BCUT2D eigenvalue weighted by Gasteiger charge is -1.97. The molecule has 78 valence electrons. The van der Waals surface area contributed by atoms with Gasteiger partial charge in [0, 0.05) is 12.1 Å². The molecule has 1 aromatic rings. The summed E-state index contributed by atoms with van der Waals surface area (Å²) in [5.74, 6) is 0. The van der Waals surface area contributed by atoms with Crippen LogP contribution in [0.15, 0.2) is 12.1 Å². The maximum atomic E-state index is 10.7. The summed E-state index contributed by atoms with van der Waals surface area (Å²) >= 11 is 10.2. The van der Waals surface area contributed by atoms with Gasteiger partial charge in [0.25, 0.3) is 16.2 Å². The van der Waals surface area contributed by atoms with Crippen LogP contribution in [0.4, 0.5) is 5.69 Å². The molecule has 0 unspecified atom stereocenters. The van der Waals surface area contributed by atoms with Gasteiger partial charge in [-0.15, -0.1) is 0 Å². The van der Waals surface area contributed by atoms with Crippen LogP contribution in [0.5, 0.6) is 0 Å². The van der Waals surface area contributed by atoms with Gasteiger partial charge in [-0.25, -0.2) is 4.98 Å². The summed E-state index contributed by atoms with van der Waals surface area (Å²) < 4.78 is 0. The van der Waals surface area contributed by atoms with Crippen molar-refractivity contribution in [3.8, 4) is 0 Å². The highest BCUT2D eigenvalue weighted by Crippen LogP contribution is 2.16. The normalized spacial score (nSPS) is 9.73. The van der Waals surface area contributed by atoms with E-state index in [0.29, 0.717) is 0 Å². The zero-order chi connectivity index (χ0) is 11.6. The molecule has 0 aliphatic carbocycles. The smallest absolute Gasteiger partial charge is 0.274 e. The zero-order valence-electron chi connectivity index (χ0n) is 6.94. The van der Waals surface area contributed by atoms with Crippen LogP contribution in [-0.4, -0.2) is 20.4 Å². The van der Waals surface area contributed by atoms with Crippen molar-refractivity contribution in [1.29, 1.82) is 0 Å². The Labute approximate surface area is 93.0 Å². The van der Waals surface area contributed by atoms with E-state index in [1.807, 2.05) is 0 Å². The highest BCUT2D eigenvalue weighted by molar-refractivity contribution is 6.68. The Morgan fingerprint density at radius 2 is 1.60 bits per heavy atom. The molecule has 1 rings (SSSR count). The number of aromatic nitrogens is 1. The lowest BCUT2D eigenvalue weighted by atomic mass is 10.3. The molecule has 6 nitrogen and oxygen atoms in total. The molecule has 0 amide bonds. The molecule has 1 heterocycles. The topological polar surface area (TPSA) is 90.2 Å². The third kappa shape index (κ3) is 2.71. The molecule has 0 aliphatic rings. The van der Waals surface area contributed by atoms with Crippen molar-refractivity contribution >= 4 is 39.4 Å². The number of hydrogen-bond donors (Lipinski definition) is 0. The Hall–Kier alpha value is -1.53. The van der Waals surface area contributed by atoms with Crippen molar-refractivity contribution in [1.82, 2.24) is 4.98 Å². The molecule has 0 aromatic carbocycles. The average Bonchev–Trinajstić information content (AvgIpc) is 2.16. The molecule has 0 spiro atoms. The third-order valence-electron chi connectivity index (χ3n) is 1.42. The first kappa shape index (κ1) is 11.5. The zero-order valence-corrected chi connectivity index (χ0v) is 8.45. The van der Waals surface area contributed by atoms with Gasteiger partial charge in [-0.3, -0.25) is 19.7 Å². The molecular weight excluding hydrogens is 247 g/mol. The monoisotopic (exact) mass is 248 g/mol. The van der Waals surface area contributed by atoms with E-state index in [2.05, 4.69) is 4.98 Å². The van der Waals surface area contributed by atoms with Gasteiger partial charge in [0.15, 0.2) is 0 Å². The lowest BCUT2D eigenvalue weighted by molar-refractivity contribution is -0.385. The average molecular weight is 249 g/mol. The van der Waals surface area contributed by atoms with Crippen molar-refractivity contribution in [2.75, 3.05) is 0 Å². The Bertz CT molecular complexity index is 381. The minimum absolute atomic E-state index is 0.394. The molecule has 1 aromatic heterocycles. The van der Waals surface area contributed by atoms with Crippen molar-refractivity contribution in [3.63, 3.8) is 0 Å². The van der Waals surface area contributed by atoms with Crippen molar-refractivity contribution in [2.45, 2.75) is 0 Å². The van der Waals surface area contributed by atoms with E-state index in [1.54, 1.807) is 0 Å². The summed E-state index contributed by atoms with van der Waals surface area (Å²) in [7, 11) is 0. The number of rotatable bonds is 3. The van der Waals surface area contributed by atoms with E-state index < -0.39 is 32.5 Å². The fourth-order valence-electron chi connectivity index (χ4n) is 0.823. The van der Waals surface area contributed by atoms with Crippen LogP contribution in [0.2, 0.25) is 0 Å². The predicted molar refractivity (Wildman–Crippen MR) is 51.3 cm³/mol. The fraction of sp³-hybridized carbons (Fsp3) is 0. The SMILES string of the molecule is O=C(Cl)c1cc([N+](=O)[O-])cc(C(=O)Cl)n1. The summed E-state index contributed by atoms with van der Waals surface area (Å²) in [6, 6.07) is 1.72. The Kier molecular flexibility index (Phi) is 3.33. The van der Waals surface area contributed by atoms with Gasteiger partial charge in [0.05, 0.1) is 4.92 Å². The second kappa shape index (κ2) is 4.33. The first-order valence-corrected chi connectivity index (χ1v) is 4.23. The van der Waals surface area contributed by atoms with Gasteiger partial charge in [-0.2, -0.15) is 0 Å². The lowest BCUT2D eigenvalue weighted by Crippen LogP contribution is -2.03. The van der Waals surface area contributed by atoms with Crippen LogP contribution in [0.1, 0.15) is 21.0 Å². The molecule has 0 bridgehead atoms. The van der Waals surface area contributed by atoms with Gasteiger partial charge in [-0.05, 0) is 23.2 Å². The molecule has 15 heavy (non-hydrogen) atoms. The quantitative estimate of drug-likeness (QED) is 0.462. The molecule has 0 N–H and O–H groups in total. The number of hydrogen-bond acceptors (Lipinski definition) is 5. The molecule has 0 fully saturated rings. The molecule has 0 atom stereocenters. The molecule has 8 heteroatoms. The van der Waals surface area contributed by atoms with Crippen LogP contribution in [0.3, 0.4) is 0 Å². The summed E-state index contributed by atoms with van der Waals surface area (Å²) in [5, 5.41) is 8.42. The van der Waals surface area contributed by atoms with Crippen LogP contribution < -0.4 is 0 Å². The number of pyridine rings is 1. The van der Waals surface area contributed by atoms with E-state index in [4.69, 9.17) is 23.2 Å². The van der Waals surface area contributed by atoms with E-state index in [9.17, 15) is 19.7 Å². The van der Waals surface area contributed by atoms with Crippen LogP contribution in [-0.2, 0) is 0 Å². The first-order valence-electron chi connectivity index (χ1n) is 3.48. The molecule has 0 saturated carbocycles. The maximum Gasteiger partial charge on any atom is 0.274 e. The first-order chi connectivity index (χ1) is 6.91. The molecular formula is C7H2Cl2N2O4. The summed E-state index contributed by atoms with van der Waals surface area (Å²) in [6.07, 6.45) is 0. The van der Waals surface area contributed by atoms with E-state index in [1.165, 1.54) is 0 Å². The standard InChI is InChI=1S/C7H2Cl2N2O4/c8-6(12)4-1-3(11(14)15)2-5(10-4)7(9)13/h1-2H. The van der Waals surface area contributed by atoms with Crippen LogP contribution >= 0.6 is 23.2 Å². The van der Waals surface area contributed by atoms with Crippen molar-refractivity contribution in [3.05, 3.63) is 33.6 Å². The highest BCUT2D eigenvalue weighted by atomic mass is 35.5. The molecule has 0 aliphatic heterocycles. The van der Waals surface area contributed by atoms with Gasteiger partial charge in [-0.1, -0.05) is 0 Å². The Morgan fingerprint density at radius 1 is 1.20 bits per heavy atom. The Balaban J connectivity index is 3.39. The molecule has 0 saturated heterocycles. The Morgan fingerprint density at radius 3 is 1.87 bits per heavy atom. The van der Waals surface area contributed by atoms with Gasteiger partial charge >= 0.3 is 0 Å². The van der Waals surface area contributed by atoms with Crippen molar-refractivity contribution < 1.29 is 14.5 Å². The van der Waals surface area contributed by atoms with Crippen molar-refractivity contribution in [2.24, 2.45) is 0 Å². The molecule has 0 radical (unpaired) electrons. The highest BCUT2D eigenvalue weighted by Gasteiger charge is 2.17. The number of carbonyl (C=O) groups is 2. The summed E-state index contributed by atoms with van der Waals surface area (Å²) in [6.45, 7) is 0. The minimum atomic E-state index is -1.00. The second-order valence-corrected chi connectivity index (χ2v) is 3.09. The second-order valence-electron chi connectivity index (χ2n) is 2.40. The number of nitrogens with zero attached hydrogens (tertiary/aromatic N) is 2. The third-order valence-corrected chi connectivity index (χ3v) is 1.81. The van der Waals surface area contributed by atoms with E-state index in [-0.39, 0.29) is 0 Å². The van der Waals surface area contributed by atoms with Crippen LogP contribution in [0, 0.1) is 10.1 Å².